The highest BCUT2D eigenvalue weighted by atomic mass is 79.9. The van der Waals surface area contributed by atoms with Gasteiger partial charge in [0.1, 0.15) is 5.75 Å². The first kappa shape index (κ1) is 15.3. The van der Waals surface area contributed by atoms with E-state index in [1.807, 2.05) is 38.1 Å². The Kier molecular flexibility index (Phi) is 5.00. The molecule has 0 fully saturated rings. The Bertz CT molecular complexity index is 651. The monoisotopic (exact) mass is 396 g/mol. The van der Waals surface area contributed by atoms with Gasteiger partial charge in [0.15, 0.2) is 5.78 Å². The average molecular weight is 398 g/mol. The van der Waals surface area contributed by atoms with Crippen LogP contribution in [0.3, 0.4) is 0 Å². The molecule has 2 nitrogen and oxygen atoms in total. The van der Waals surface area contributed by atoms with Crippen molar-refractivity contribution < 1.29 is 9.53 Å². The summed E-state index contributed by atoms with van der Waals surface area (Å²) in [5.74, 6) is 0.752. The van der Waals surface area contributed by atoms with Crippen molar-refractivity contribution in [1.29, 1.82) is 0 Å². The van der Waals surface area contributed by atoms with Gasteiger partial charge in [-0.05, 0) is 59.6 Å². The zero-order valence-corrected chi connectivity index (χ0v) is 14.4. The van der Waals surface area contributed by atoms with E-state index in [0.29, 0.717) is 17.7 Å². The third-order valence-corrected chi connectivity index (χ3v) is 4.49. The second kappa shape index (κ2) is 6.55. The fourth-order valence-corrected chi connectivity index (χ4v) is 2.78. The summed E-state index contributed by atoms with van der Waals surface area (Å²) < 4.78 is 7.18. The van der Waals surface area contributed by atoms with E-state index in [2.05, 4.69) is 31.9 Å². The standard InChI is InChI=1S/C16H14Br2O2/c1-3-20-15-8-7-11(9-14(15)18)16(19)12-5-4-6-13(17)10(12)2/h4-9H,3H2,1-2H3. The first-order chi connectivity index (χ1) is 9.54. The molecule has 0 saturated heterocycles. The van der Waals surface area contributed by atoms with Gasteiger partial charge in [-0.1, -0.05) is 28.1 Å². The Morgan fingerprint density at radius 1 is 1.15 bits per heavy atom. The molecule has 0 radical (unpaired) electrons. The van der Waals surface area contributed by atoms with Crippen LogP contribution in [-0.2, 0) is 0 Å². The Hall–Kier alpha value is -1.13. The van der Waals surface area contributed by atoms with Crippen molar-refractivity contribution in [3.05, 3.63) is 62.0 Å². The molecule has 2 aromatic carbocycles. The number of hydrogen-bond acceptors (Lipinski definition) is 2. The van der Waals surface area contributed by atoms with Gasteiger partial charge in [-0.15, -0.1) is 0 Å². The van der Waals surface area contributed by atoms with Crippen molar-refractivity contribution in [1.82, 2.24) is 0 Å². The Labute approximate surface area is 135 Å². The molecule has 0 unspecified atom stereocenters. The average Bonchev–Trinajstić information content (AvgIpc) is 2.43. The molecule has 0 aliphatic rings. The van der Waals surface area contributed by atoms with Crippen molar-refractivity contribution in [2.75, 3.05) is 6.61 Å². The van der Waals surface area contributed by atoms with E-state index in [1.54, 1.807) is 12.1 Å². The molecule has 20 heavy (non-hydrogen) atoms. The Balaban J connectivity index is 2.39. The largest absolute Gasteiger partial charge is 0.493 e. The summed E-state index contributed by atoms with van der Waals surface area (Å²) in [6.45, 7) is 4.45. The highest BCUT2D eigenvalue weighted by Crippen LogP contribution is 2.28. The van der Waals surface area contributed by atoms with E-state index < -0.39 is 0 Å². The van der Waals surface area contributed by atoms with Crippen LogP contribution in [0, 0.1) is 6.92 Å². The van der Waals surface area contributed by atoms with Crippen LogP contribution < -0.4 is 4.74 Å². The molecule has 0 saturated carbocycles. The number of hydrogen-bond donors (Lipinski definition) is 0. The van der Waals surface area contributed by atoms with Crippen molar-refractivity contribution in [3.8, 4) is 5.75 Å². The van der Waals surface area contributed by atoms with Gasteiger partial charge >= 0.3 is 0 Å². The van der Waals surface area contributed by atoms with Crippen LogP contribution in [0.1, 0.15) is 28.4 Å². The lowest BCUT2D eigenvalue weighted by atomic mass is 9.99. The van der Waals surface area contributed by atoms with Crippen molar-refractivity contribution in [3.63, 3.8) is 0 Å². The van der Waals surface area contributed by atoms with Crippen LogP contribution >= 0.6 is 31.9 Å². The van der Waals surface area contributed by atoms with Crippen LogP contribution in [0.4, 0.5) is 0 Å². The highest BCUT2D eigenvalue weighted by Gasteiger charge is 2.14. The lowest BCUT2D eigenvalue weighted by Gasteiger charge is -2.09. The Morgan fingerprint density at radius 2 is 1.90 bits per heavy atom. The summed E-state index contributed by atoms with van der Waals surface area (Å²) in [7, 11) is 0. The topological polar surface area (TPSA) is 26.3 Å². The first-order valence-corrected chi connectivity index (χ1v) is 7.85. The van der Waals surface area contributed by atoms with Crippen molar-refractivity contribution in [2.45, 2.75) is 13.8 Å². The van der Waals surface area contributed by atoms with E-state index in [0.717, 1.165) is 20.3 Å². The normalized spacial score (nSPS) is 10.4. The van der Waals surface area contributed by atoms with Gasteiger partial charge in [0.2, 0.25) is 0 Å². The van der Waals surface area contributed by atoms with Crippen molar-refractivity contribution >= 4 is 37.6 Å². The quantitative estimate of drug-likeness (QED) is 0.667. The van der Waals surface area contributed by atoms with Gasteiger partial charge in [0.05, 0.1) is 11.1 Å². The molecule has 4 heteroatoms. The van der Waals surface area contributed by atoms with Gasteiger partial charge in [-0.3, -0.25) is 4.79 Å². The first-order valence-electron chi connectivity index (χ1n) is 6.26. The SMILES string of the molecule is CCOc1ccc(C(=O)c2cccc(Br)c2C)cc1Br. The van der Waals surface area contributed by atoms with E-state index in [4.69, 9.17) is 4.74 Å². The zero-order valence-electron chi connectivity index (χ0n) is 11.2. The van der Waals surface area contributed by atoms with E-state index in [9.17, 15) is 4.79 Å². The molecule has 2 rings (SSSR count). The molecular formula is C16H14Br2O2. The minimum atomic E-state index is 0.00699. The summed E-state index contributed by atoms with van der Waals surface area (Å²) in [6.07, 6.45) is 0. The van der Waals surface area contributed by atoms with E-state index in [-0.39, 0.29) is 5.78 Å². The van der Waals surface area contributed by atoms with Crippen molar-refractivity contribution in [2.24, 2.45) is 0 Å². The fourth-order valence-electron chi connectivity index (χ4n) is 1.92. The van der Waals surface area contributed by atoms with Gasteiger partial charge < -0.3 is 4.74 Å². The van der Waals surface area contributed by atoms with Crippen LogP contribution in [0.5, 0.6) is 5.75 Å². The second-order valence-corrected chi connectivity index (χ2v) is 6.03. The third kappa shape index (κ3) is 3.13. The number of carbonyl (C=O) groups excluding carboxylic acids is 1. The number of carbonyl (C=O) groups is 1. The molecule has 0 N–H and O–H groups in total. The molecule has 0 aromatic heterocycles. The molecule has 0 atom stereocenters. The highest BCUT2D eigenvalue weighted by molar-refractivity contribution is 9.10. The molecule has 0 aliphatic heterocycles. The van der Waals surface area contributed by atoms with Gasteiger partial charge in [0.25, 0.3) is 0 Å². The second-order valence-electron chi connectivity index (χ2n) is 4.32. The molecule has 104 valence electrons. The molecule has 0 heterocycles. The molecule has 0 amide bonds. The Morgan fingerprint density at radius 3 is 2.55 bits per heavy atom. The molecule has 0 aliphatic carbocycles. The lowest BCUT2D eigenvalue weighted by molar-refractivity contribution is 0.103. The summed E-state index contributed by atoms with van der Waals surface area (Å²) in [5, 5.41) is 0. The number of rotatable bonds is 4. The summed E-state index contributed by atoms with van der Waals surface area (Å²) in [6, 6.07) is 11.0. The summed E-state index contributed by atoms with van der Waals surface area (Å²) in [5.41, 5.74) is 2.29. The summed E-state index contributed by atoms with van der Waals surface area (Å²) in [4.78, 5) is 12.6. The zero-order chi connectivity index (χ0) is 14.7. The van der Waals surface area contributed by atoms with Crippen LogP contribution in [0.25, 0.3) is 0 Å². The maximum Gasteiger partial charge on any atom is 0.193 e. The minimum absolute atomic E-state index is 0.00699. The molecule has 2 aromatic rings. The smallest absolute Gasteiger partial charge is 0.193 e. The van der Waals surface area contributed by atoms with E-state index in [1.165, 1.54) is 0 Å². The van der Waals surface area contributed by atoms with Gasteiger partial charge in [-0.2, -0.15) is 0 Å². The summed E-state index contributed by atoms with van der Waals surface area (Å²) >= 11 is 6.89. The lowest BCUT2D eigenvalue weighted by Crippen LogP contribution is -2.04. The number of ether oxygens (including phenoxy) is 1. The maximum atomic E-state index is 12.6. The van der Waals surface area contributed by atoms with Gasteiger partial charge in [0, 0.05) is 15.6 Å². The number of halogens is 2. The third-order valence-electron chi connectivity index (χ3n) is 3.01. The molecule has 0 spiro atoms. The minimum Gasteiger partial charge on any atom is -0.493 e. The van der Waals surface area contributed by atoms with Gasteiger partial charge in [-0.25, -0.2) is 0 Å². The predicted molar refractivity (Wildman–Crippen MR) is 87.6 cm³/mol. The van der Waals surface area contributed by atoms with E-state index >= 15 is 0 Å². The van der Waals surface area contributed by atoms with Crippen LogP contribution in [0.2, 0.25) is 0 Å². The molecular weight excluding hydrogens is 384 g/mol. The molecule has 0 bridgehead atoms. The van der Waals surface area contributed by atoms with Crippen LogP contribution in [-0.4, -0.2) is 12.4 Å². The maximum absolute atomic E-state index is 12.6. The number of benzene rings is 2. The number of ketones is 1. The predicted octanol–water partition coefficient (Wildman–Crippen LogP) is 5.15. The van der Waals surface area contributed by atoms with Crippen LogP contribution in [0.15, 0.2) is 45.3 Å². The fraction of sp³-hybridized carbons (Fsp3) is 0.188.